The van der Waals surface area contributed by atoms with Crippen molar-refractivity contribution in [3.8, 4) is 22.5 Å². The van der Waals surface area contributed by atoms with Gasteiger partial charge in [0.25, 0.3) is 5.19 Å². The maximum atomic E-state index is 9.49. The molecule has 0 aliphatic carbocycles. The molecule has 0 amide bonds. The van der Waals surface area contributed by atoms with Gasteiger partial charge in [0.15, 0.2) is 5.65 Å². The number of aryl methyl sites for hydroxylation is 1. The molecule has 7 nitrogen and oxygen atoms in total. The van der Waals surface area contributed by atoms with Gasteiger partial charge < -0.3 is 14.5 Å². The number of aromatic nitrogens is 4. The molecule has 5 heterocycles. The minimum absolute atomic E-state index is 0.222. The van der Waals surface area contributed by atoms with Gasteiger partial charge in [-0.3, -0.25) is 4.98 Å². The highest BCUT2D eigenvalue weighted by Crippen LogP contribution is 2.32. The Morgan fingerprint density at radius 1 is 1.25 bits per heavy atom. The molecule has 1 aliphatic heterocycles. The third kappa shape index (κ3) is 3.09. The first kappa shape index (κ1) is 17.1. The first-order valence-electron chi connectivity index (χ1n) is 9.23. The van der Waals surface area contributed by atoms with E-state index in [0.717, 1.165) is 53.1 Å². The molecule has 1 saturated heterocycles. The lowest BCUT2D eigenvalue weighted by Crippen LogP contribution is -2.34. The van der Waals surface area contributed by atoms with Gasteiger partial charge in [0.05, 0.1) is 27.8 Å². The van der Waals surface area contributed by atoms with E-state index in [-0.39, 0.29) is 6.10 Å². The van der Waals surface area contributed by atoms with Gasteiger partial charge in [0.1, 0.15) is 17.7 Å². The number of hydrogen-bond donors (Lipinski definition) is 1. The Morgan fingerprint density at radius 3 is 2.93 bits per heavy atom. The van der Waals surface area contributed by atoms with Crippen LogP contribution in [0.4, 0.5) is 0 Å². The topological polar surface area (TPSA) is 88.1 Å². The van der Waals surface area contributed by atoms with E-state index in [9.17, 15) is 5.26 Å². The fourth-order valence-electron chi connectivity index (χ4n) is 3.52. The Morgan fingerprint density at radius 2 is 2.11 bits per heavy atom. The summed E-state index contributed by atoms with van der Waals surface area (Å²) in [5, 5.41) is 13.5. The van der Waals surface area contributed by atoms with Gasteiger partial charge in [-0.1, -0.05) is 11.3 Å². The van der Waals surface area contributed by atoms with E-state index in [1.165, 1.54) is 11.3 Å². The molecule has 0 spiro atoms. The maximum Gasteiger partial charge on any atom is 0.274 e. The number of hydrogen-bond acceptors (Lipinski definition) is 7. The minimum atomic E-state index is 0.222. The Labute approximate surface area is 165 Å². The maximum absolute atomic E-state index is 9.49. The Hall–Kier alpha value is -3.02. The number of nitriles is 1. The number of pyridine rings is 2. The monoisotopic (exact) mass is 390 g/mol. The zero-order chi connectivity index (χ0) is 19.1. The van der Waals surface area contributed by atoms with Gasteiger partial charge in [-0.2, -0.15) is 5.26 Å². The Balaban J connectivity index is 1.51. The van der Waals surface area contributed by atoms with E-state index in [4.69, 9.17) is 4.74 Å². The van der Waals surface area contributed by atoms with Crippen molar-refractivity contribution < 1.29 is 4.74 Å². The van der Waals surface area contributed by atoms with E-state index >= 15 is 0 Å². The predicted molar refractivity (Wildman–Crippen MR) is 108 cm³/mol. The molecule has 4 aromatic heterocycles. The van der Waals surface area contributed by atoms with Crippen LogP contribution in [0.3, 0.4) is 0 Å². The number of piperidine rings is 1. The van der Waals surface area contributed by atoms with Crippen LogP contribution in [0, 0.1) is 18.3 Å². The van der Waals surface area contributed by atoms with Crippen molar-refractivity contribution in [2.24, 2.45) is 0 Å². The van der Waals surface area contributed by atoms with Crippen LogP contribution in [0.15, 0.2) is 30.7 Å². The smallest absolute Gasteiger partial charge is 0.274 e. The molecule has 28 heavy (non-hydrogen) atoms. The lowest BCUT2D eigenvalue weighted by molar-refractivity contribution is 0.162. The fourth-order valence-corrected chi connectivity index (χ4v) is 4.41. The van der Waals surface area contributed by atoms with E-state index < -0.39 is 0 Å². The summed E-state index contributed by atoms with van der Waals surface area (Å²) in [5.74, 6) is 0. The largest absolute Gasteiger partial charge is 0.467 e. The first-order chi connectivity index (χ1) is 13.7. The second kappa shape index (κ2) is 6.86. The van der Waals surface area contributed by atoms with Crippen molar-refractivity contribution in [3.63, 3.8) is 0 Å². The number of nitrogens with zero attached hydrogens (tertiary/aromatic N) is 5. The molecule has 0 saturated carbocycles. The highest BCUT2D eigenvalue weighted by Gasteiger charge is 2.17. The summed E-state index contributed by atoms with van der Waals surface area (Å²) in [6.07, 6.45) is 7.86. The quantitative estimate of drug-likeness (QED) is 0.577. The van der Waals surface area contributed by atoms with Gasteiger partial charge >= 0.3 is 0 Å². The summed E-state index contributed by atoms with van der Waals surface area (Å²) in [6.45, 7) is 3.89. The number of rotatable bonds is 3. The lowest BCUT2D eigenvalue weighted by Gasteiger charge is -2.22. The zero-order valence-electron chi connectivity index (χ0n) is 15.3. The van der Waals surface area contributed by atoms with Gasteiger partial charge in [-0.15, -0.1) is 0 Å². The molecule has 140 valence electrons. The summed E-state index contributed by atoms with van der Waals surface area (Å²) in [6, 6.07) is 6.08. The third-order valence-corrected chi connectivity index (χ3v) is 5.81. The molecule has 0 unspecified atom stereocenters. The fraction of sp³-hybridized carbons (Fsp3) is 0.300. The number of nitrogens with one attached hydrogen (secondary N) is 1. The van der Waals surface area contributed by atoms with Gasteiger partial charge in [0, 0.05) is 18.0 Å². The molecule has 5 rings (SSSR count). The van der Waals surface area contributed by atoms with E-state index in [2.05, 4.69) is 26.3 Å². The van der Waals surface area contributed by atoms with E-state index in [0.29, 0.717) is 16.4 Å². The number of fused-ring (bicyclic) bond motifs is 2. The zero-order valence-corrected chi connectivity index (χ0v) is 16.2. The van der Waals surface area contributed by atoms with Crippen molar-refractivity contribution in [1.29, 1.82) is 5.26 Å². The van der Waals surface area contributed by atoms with Crippen LogP contribution in [0.1, 0.15) is 24.1 Å². The SMILES string of the molecule is Cc1cn2cc(-c3cc4sc(OC5CCNCC5)nc4cn3)cc(C#N)c2n1. The molecule has 1 N–H and O–H groups in total. The molecule has 4 aromatic rings. The molecular weight excluding hydrogens is 372 g/mol. The summed E-state index contributed by atoms with van der Waals surface area (Å²) in [4.78, 5) is 13.6. The molecule has 0 aromatic carbocycles. The molecule has 1 aliphatic rings. The minimum Gasteiger partial charge on any atom is -0.467 e. The van der Waals surface area contributed by atoms with Crippen LogP contribution >= 0.6 is 11.3 Å². The van der Waals surface area contributed by atoms with Crippen LogP contribution in [-0.2, 0) is 0 Å². The second-order valence-corrected chi connectivity index (χ2v) is 7.94. The summed E-state index contributed by atoms with van der Waals surface area (Å²) >= 11 is 1.54. The normalized spacial score (nSPS) is 15.1. The average molecular weight is 390 g/mol. The van der Waals surface area contributed by atoms with Gasteiger partial charge in [-0.25, -0.2) is 9.97 Å². The summed E-state index contributed by atoms with van der Waals surface area (Å²) < 4.78 is 8.97. The molecule has 1 fully saturated rings. The van der Waals surface area contributed by atoms with Gasteiger partial charge in [0.2, 0.25) is 0 Å². The van der Waals surface area contributed by atoms with Crippen molar-refractivity contribution >= 4 is 27.2 Å². The standard InChI is InChI=1S/C20H18N6OS/c1-12-10-26-11-14(6-13(8-21)19(26)24-12)16-7-18-17(9-23-16)25-20(28-18)27-15-2-4-22-5-3-15/h6-7,9-11,15,22H,2-5H2,1H3. The van der Waals surface area contributed by atoms with Crippen molar-refractivity contribution in [2.75, 3.05) is 13.1 Å². The number of thiazole rings is 1. The third-order valence-electron chi connectivity index (χ3n) is 4.90. The molecule has 0 bridgehead atoms. The Kier molecular flexibility index (Phi) is 4.19. The van der Waals surface area contributed by atoms with E-state index in [1.54, 1.807) is 6.20 Å². The lowest BCUT2D eigenvalue weighted by atomic mass is 10.1. The van der Waals surface area contributed by atoms with E-state index in [1.807, 2.05) is 35.9 Å². The summed E-state index contributed by atoms with van der Waals surface area (Å²) in [7, 11) is 0. The van der Waals surface area contributed by atoms with Crippen LogP contribution in [0.2, 0.25) is 0 Å². The van der Waals surface area contributed by atoms with Crippen LogP contribution in [0.25, 0.3) is 27.1 Å². The molecule has 0 atom stereocenters. The van der Waals surface area contributed by atoms with Crippen LogP contribution in [0.5, 0.6) is 5.19 Å². The molecule has 8 heteroatoms. The van der Waals surface area contributed by atoms with Crippen LogP contribution < -0.4 is 10.1 Å². The number of imidazole rings is 1. The predicted octanol–water partition coefficient (Wildman–Crippen LogP) is 3.32. The molecular formula is C20H18N6OS. The highest BCUT2D eigenvalue weighted by molar-refractivity contribution is 7.20. The van der Waals surface area contributed by atoms with Crippen LogP contribution in [-0.4, -0.2) is 38.5 Å². The number of ether oxygens (including phenoxy) is 1. The second-order valence-electron chi connectivity index (χ2n) is 6.95. The average Bonchev–Trinajstić information content (AvgIpc) is 3.28. The Bertz CT molecular complexity index is 1210. The molecule has 0 radical (unpaired) electrons. The van der Waals surface area contributed by atoms with Crippen molar-refractivity contribution in [2.45, 2.75) is 25.9 Å². The highest BCUT2D eigenvalue weighted by atomic mass is 32.1. The van der Waals surface area contributed by atoms with Crippen molar-refractivity contribution in [1.82, 2.24) is 24.7 Å². The van der Waals surface area contributed by atoms with Gasteiger partial charge in [-0.05, 0) is 45.0 Å². The first-order valence-corrected chi connectivity index (χ1v) is 10.0. The van der Waals surface area contributed by atoms with Crippen molar-refractivity contribution in [3.05, 3.63) is 42.0 Å². The summed E-state index contributed by atoms with van der Waals surface area (Å²) in [5.41, 5.74) is 4.58.